The summed E-state index contributed by atoms with van der Waals surface area (Å²) in [5, 5.41) is 258. The molecule has 50 heavy (non-hydrogen) atoms. The fourth-order valence-corrected chi connectivity index (χ4v) is 0. The van der Waals surface area contributed by atoms with E-state index in [1.165, 1.54) is 0 Å². The van der Waals surface area contributed by atoms with E-state index in [0.717, 1.165) is 0 Å². The normalized spacial score (nSPS) is 6.48. The molecule has 0 aliphatic heterocycles. The van der Waals surface area contributed by atoms with Crippen LogP contribution in [0.3, 0.4) is 0 Å². The molecule has 0 spiro atoms. The molecule has 0 atom stereocenters. The molecule has 0 aromatic rings. The molecular formula is H40B12NNaO36. The van der Waals surface area contributed by atoms with Crippen LogP contribution in [-0.4, -0.2) is 298 Å². The van der Waals surface area contributed by atoms with E-state index >= 15 is 0 Å². The second-order valence-corrected chi connectivity index (χ2v) is 4.16. The van der Waals surface area contributed by atoms with Gasteiger partial charge in [0.05, 0.1) is 0 Å². The van der Waals surface area contributed by atoms with Crippen molar-refractivity contribution in [2.75, 3.05) is 0 Å². The molecule has 0 radical (unpaired) electrons. The molecule has 0 bridgehead atoms. The van der Waals surface area contributed by atoms with E-state index in [0.29, 0.717) is 0 Å². The monoisotopic (exact) mass is 785 g/mol. The van der Waals surface area contributed by atoms with Gasteiger partial charge < -0.3 is 187 Å². The van der Waals surface area contributed by atoms with Gasteiger partial charge in [-0.1, -0.05) is 0 Å². The van der Waals surface area contributed by atoms with Crippen LogP contribution >= 0.6 is 0 Å². The molecule has 0 heterocycles. The van der Waals surface area contributed by atoms with Crippen molar-refractivity contribution in [2.24, 2.45) is 0 Å². The molecule has 0 saturated heterocycles. The van der Waals surface area contributed by atoms with E-state index in [9.17, 15) is 0 Å². The van der Waals surface area contributed by atoms with Crippen LogP contribution in [0.15, 0.2) is 0 Å². The third-order valence-electron chi connectivity index (χ3n) is 0. The molecule has 39 N–H and O–H groups in total. The van der Waals surface area contributed by atoms with Crippen LogP contribution in [-0.2, 0) is 0 Å². The van der Waals surface area contributed by atoms with Crippen LogP contribution in [0.25, 0.3) is 0 Å². The molecule has 0 unspecified atom stereocenters. The van der Waals surface area contributed by atoms with Gasteiger partial charge in [-0.2, -0.15) is 0 Å². The zero-order chi connectivity index (χ0) is 42.9. The average molecular weight is 783 g/mol. The van der Waals surface area contributed by atoms with Gasteiger partial charge in [-0.3, -0.25) is 0 Å². The van der Waals surface area contributed by atoms with Gasteiger partial charge >= 0.3 is 117 Å². The topological polar surface area (TPSA) is 763 Å². The predicted molar refractivity (Wildman–Crippen MR) is 161 cm³/mol. The molecule has 0 aliphatic carbocycles. The summed E-state index contributed by atoms with van der Waals surface area (Å²) in [6.45, 7) is 0. The zero-order valence-electron chi connectivity index (χ0n) is 23.7. The van der Waals surface area contributed by atoms with Crippen molar-refractivity contribution >= 4 is 117 Å². The Labute approximate surface area is 304 Å². The maximum absolute atomic E-state index is 7.17. The Hall–Kier alpha value is 0.299. The van der Waals surface area contributed by atoms with Gasteiger partial charge in [0.25, 0.3) is 0 Å². The van der Waals surface area contributed by atoms with Crippen molar-refractivity contribution in [2.45, 2.75) is 0 Å². The zero-order valence-corrected chi connectivity index (χ0v) is 23.7. The molecule has 50 heteroatoms. The third kappa shape index (κ3) is 1210000. The second-order valence-electron chi connectivity index (χ2n) is 4.16. The van der Waals surface area contributed by atoms with Crippen LogP contribution in [0.1, 0.15) is 0 Å². The van der Waals surface area contributed by atoms with E-state index in [1.54, 1.807) is 0 Å². The Morgan fingerprint density at radius 3 is 0.120 bits per heavy atom. The van der Waals surface area contributed by atoms with Gasteiger partial charge in [-0.15, -0.1) is 0 Å². The quantitative estimate of drug-likeness (QED) is 0.101. The standard InChI is InChI=1S/12BH3O3.H3N.Na.H/c12*2-1(3)4;;;/h12*2-4H;1H3;;. The predicted octanol–water partition coefficient (Wildman–Crippen LogP) is -25.1. The molecule has 0 amide bonds. The summed E-state index contributed by atoms with van der Waals surface area (Å²) < 4.78 is 0. The minimum atomic E-state index is -2.17. The van der Waals surface area contributed by atoms with Crippen molar-refractivity contribution in [1.82, 2.24) is 6.15 Å². The van der Waals surface area contributed by atoms with Crippen molar-refractivity contribution in [3.8, 4) is 0 Å². The third-order valence-corrected chi connectivity index (χ3v) is 0. The second kappa shape index (κ2) is 87.3. The number of rotatable bonds is 0. The van der Waals surface area contributed by atoms with E-state index in [-0.39, 0.29) is 35.7 Å². The molecule has 0 aromatic heterocycles. The summed E-state index contributed by atoms with van der Waals surface area (Å²) in [5.74, 6) is 0. The van der Waals surface area contributed by atoms with E-state index in [1.807, 2.05) is 0 Å². The number of hydrogen-bond donors (Lipinski definition) is 37. The maximum atomic E-state index is 7.17. The van der Waals surface area contributed by atoms with Crippen molar-refractivity contribution in [3.63, 3.8) is 0 Å². The Morgan fingerprint density at radius 1 is 0.120 bits per heavy atom. The first kappa shape index (κ1) is 92.8. The SMILES string of the molecule is N.OB(O)O.OB(O)O.OB(O)O.OB(O)O.OB(O)O.OB(O)O.OB(O)O.OB(O)O.OB(O)O.OB(O)O.OB(O)O.OB(O)O.[NaH]. The minimum absolute atomic E-state index is 0. The molecule has 0 aliphatic rings. The van der Waals surface area contributed by atoms with E-state index in [2.05, 4.69) is 0 Å². The molecule has 298 valence electrons. The molecule has 0 fully saturated rings. The summed E-state index contributed by atoms with van der Waals surface area (Å²) in [7, 11) is -26.0. The Morgan fingerprint density at radius 2 is 0.120 bits per heavy atom. The van der Waals surface area contributed by atoms with Crippen LogP contribution in [0.4, 0.5) is 0 Å². The fraction of sp³-hybridized carbons (Fsp3) is 0. The summed E-state index contributed by atoms with van der Waals surface area (Å²) in [6.07, 6.45) is 0. The summed E-state index contributed by atoms with van der Waals surface area (Å²) in [4.78, 5) is 0. The van der Waals surface area contributed by atoms with Gasteiger partial charge in [0.2, 0.25) is 0 Å². The van der Waals surface area contributed by atoms with E-state index < -0.39 is 87.9 Å². The summed E-state index contributed by atoms with van der Waals surface area (Å²) >= 11 is 0. The van der Waals surface area contributed by atoms with E-state index in [4.69, 9.17) is 181 Å². The van der Waals surface area contributed by atoms with Gasteiger partial charge in [0.1, 0.15) is 0 Å². The van der Waals surface area contributed by atoms with Crippen LogP contribution < -0.4 is 6.15 Å². The molecule has 0 rings (SSSR count). The number of hydrogen-bond acceptors (Lipinski definition) is 37. The van der Waals surface area contributed by atoms with Gasteiger partial charge in [0.15, 0.2) is 0 Å². The Kier molecular flexibility index (Phi) is 162. The Bertz CT molecular complexity index is 239. The molecule has 0 saturated carbocycles. The van der Waals surface area contributed by atoms with Crippen LogP contribution in [0, 0.1) is 0 Å². The van der Waals surface area contributed by atoms with Crippen LogP contribution in [0.5, 0.6) is 0 Å². The van der Waals surface area contributed by atoms with Crippen molar-refractivity contribution in [3.05, 3.63) is 0 Å². The molecule has 0 aromatic carbocycles. The summed E-state index contributed by atoms with van der Waals surface area (Å²) in [6, 6.07) is 0. The van der Waals surface area contributed by atoms with Gasteiger partial charge in [0, 0.05) is 0 Å². The molecule has 37 nitrogen and oxygen atoms in total. The van der Waals surface area contributed by atoms with Crippen molar-refractivity contribution < 1.29 is 181 Å². The van der Waals surface area contributed by atoms with Gasteiger partial charge in [-0.05, 0) is 0 Å². The average Bonchev–Trinajstić information content (AvgIpc) is 2.61. The Balaban J connectivity index is -0.0000000235. The van der Waals surface area contributed by atoms with Crippen LogP contribution in [0.2, 0.25) is 0 Å². The van der Waals surface area contributed by atoms with Gasteiger partial charge in [-0.25, -0.2) is 0 Å². The first-order chi connectivity index (χ1) is 20.8. The first-order valence-corrected chi connectivity index (χ1v) is 9.30. The summed E-state index contributed by atoms with van der Waals surface area (Å²) in [5.41, 5.74) is 0. The first-order valence-electron chi connectivity index (χ1n) is 9.30. The van der Waals surface area contributed by atoms with Crippen molar-refractivity contribution in [1.29, 1.82) is 0 Å². The molecular weight excluding hydrogens is 743 g/mol. The fourth-order valence-electron chi connectivity index (χ4n) is 0.